The van der Waals surface area contributed by atoms with Crippen molar-refractivity contribution in [1.29, 1.82) is 0 Å². The van der Waals surface area contributed by atoms with Crippen LogP contribution in [0, 0.1) is 0 Å². The van der Waals surface area contributed by atoms with Gasteiger partial charge in [-0.05, 0) is 56.7 Å². The topological polar surface area (TPSA) is 97.9 Å². The molecule has 3 atom stereocenters. The SMILES string of the molecule is O=C(O)c1cnc(N2[C@@H]3CC[C@H]2C[C@H](OCc2c(-c4ccccc4OC(F)F)noc2C2CC2)C3)cc1C(F)(F)F. The molecule has 2 aromatic heterocycles. The monoisotopic (exact) mass is 579 g/mol. The molecule has 13 heteroatoms. The molecule has 218 valence electrons. The summed E-state index contributed by atoms with van der Waals surface area (Å²) in [4.78, 5) is 17.3. The molecule has 0 unspecified atom stereocenters. The molecule has 2 bridgehead atoms. The molecule has 6 rings (SSSR count). The van der Waals surface area contributed by atoms with Gasteiger partial charge in [-0.3, -0.25) is 0 Å². The van der Waals surface area contributed by atoms with Gasteiger partial charge in [-0.2, -0.15) is 22.0 Å². The Hall–Kier alpha value is -3.74. The molecule has 3 aromatic rings. The fraction of sp³-hybridized carbons (Fsp3) is 0.464. The van der Waals surface area contributed by atoms with E-state index in [1.165, 1.54) is 6.07 Å². The number of fused-ring (bicyclic) bond motifs is 2. The number of piperidine rings is 1. The zero-order valence-electron chi connectivity index (χ0n) is 21.6. The smallest absolute Gasteiger partial charge is 0.417 e. The number of alkyl halides is 5. The number of ether oxygens (including phenoxy) is 2. The van der Waals surface area contributed by atoms with E-state index in [9.17, 15) is 31.9 Å². The van der Waals surface area contributed by atoms with Gasteiger partial charge in [-0.15, -0.1) is 0 Å². The minimum Gasteiger partial charge on any atom is -0.478 e. The van der Waals surface area contributed by atoms with Crippen LogP contribution in [0.15, 0.2) is 41.1 Å². The molecule has 0 amide bonds. The van der Waals surface area contributed by atoms with Gasteiger partial charge in [0.1, 0.15) is 23.0 Å². The van der Waals surface area contributed by atoms with Crippen molar-refractivity contribution in [3.05, 3.63) is 59.0 Å². The van der Waals surface area contributed by atoms with Crippen molar-refractivity contribution in [3.63, 3.8) is 0 Å². The van der Waals surface area contributed by atoms with E-state index in [4.69, 9.17) is 14.0 Å². The van der Waals surface area contributed by atoms with Gasteiger partial charge in [0.15, 0.2) is 0 Å². The number of carboxylic acids is 1. The average molecular weight is 580 g/mol. The number of carboxylic acid groups (broad SMARTS) is 1. The highest BCUT2D eigenvalue weighted by molar-refractivity contribution is 5.89. The summed E-state index contributed by atoms with van der Waals surface area (Å²) in [5.74, 6) is -0.770. The Morgan fingerprint density at radius 1 is 1.12 bits per heavy atom. The molecule has 41 heavy (non-hydrogen) atoms. The number of aromatic carboxylic acids is 1. The second-order valence-corrected chi connectivity index (χ2v) is 10.6. The van der Waals surface area contributed by atoms with Gasteiger partial charge in [0.2, 0.25) is 0 Å². The minimum absolute atomic E-state index is 0.0228. The van der Waals surface area contributed by atoms with Crippen molar-refractivity contribution < 1.29 is 45.8 Å². The summed E-state index contributed by atoms with van der Waals surface area (Å²) in [6.07, 6.45) is 0.101. The molecule has 3 fully saturated rings. The summed E-state index contributed by atoms with van der Waals surface area (Å²) in [6.45, 7) is -2.88. The fourth-order valence-corrected chi connectivity index (χ4v) is 6.03. The Bertz CT molecular complexity index is 1430. The largest absolute Gasteiger partial charge is 0.478 e. The van der Waals surface area contributed by atoms with Crippen LogP contribution >= 0.6 is 0 Å². The van der Waals surface area contributed by atoms with Crippen LogP contribution < -0.4 is 9.64 Å². The lowest BCUT2D eigenvalue weighted by molar-refractivity contribution is -0.138. The summed E-state index contributed by atoms with van der Waals surface area (Å²) in [5.41, 5.74) is -0.688. The van der Waals surface area contributed by atoms with Crippen molar-refractivity contribution >= 4 is 11.8 Å². The highest BCUT2D eigenvalue weighted by Crippen LogP contribution is 2.46. The first-order chi connectivity index (χ1) is 19.6. The number of nitrogens with zero attached hydrogens (tertiary/aromatic N) is 3. The Kier molecular flexibility index (Phi) is 7.08. The van der Waals surface area contributed by atoms with Crippen LogP contribution in [0.1, 0.15) is 71.7 Å². The van der Waals surface area contributed by atoms with Gasteiger partial charge in [-0.25, -0.2) is 9.78 Å². The first kappa shape index (κ1) is 27.4. The van der Waals surface area contributed by atoms with Gasteiger partial charge in [0, 0.05) is 35.3 Å². The predicted octanol–water partition coefficient (Wildman–Crippen LogP) is 6.65. The van der Waals surface area contributed by atoms with E-state index in [2.05, 4.69) is 10.1 Å². The molecule has 1 saturated carbocycles. The first-order valence-electron chi connectivity index (χ1n) is 13.3. The molecular weight excluding hydrogens is 553 g/mol. The highest BCUT2D eigenvalue weighted by atomic mass is 19.4. The van der Waals surface area contributed by atoms with Crippen molar-refractivity contribution in [2.24, 2.45) is 0 Å². The van der Waals surface area contributed by atoms with Crippen LogP contribution in [0.4, 0.5) is 27.8 Å². The van der Waals surface area contributed by atoms with E-state index in [0.717, 1.165) is 37.9 Å². The van der Waals surface area contributed by atoms with Crippen LogP contribution in [0.25, 0.3) is 11.3 Å². The normalized spacial score (nSPS) is 22.4. The Morgan fingerprint density at radius 2 is 1.83 bits per heavy atom. The molecule has 0 radical (unpaired) electrons. The average Bonchev–Trinajstić information content (AvgIpc) is 3.62. The van der Waals surface area contributed by atoms with E-state index in [1.807, 2.05) is 4.90 Å². The van der Waals surface area contributed by atoms with Crippen molar-refractivity contribution in [3.8, 4) is 17.0 Å². The van der Waals surface area contributed by atoms with Gasteiger partial charge in [-0.1, -0.05) is 17.3 Å². The van der Waals surface area contributed by atoms with Crippen LogP contribution in [0.5, 0.6) is 5.75 Å². The van der Waals surface area contributed by atoms with E-state index in [0.29, 0.717) is 35.4 Å². The molecule has 2 aliphatic heterocycles. The number of aromatic nitrogens is 2. The third-order valence-electron chi connectivity index (χ3n) is 7.97. The predicted molar refractivity (Wildman–Crippen MR) is 134 cm³/mol. The summed E-state index contributed by atoms with van der Waals surface area (Å²) >= 11 is 0. The quantitative estimate of drug-likeness (QED) is 0.282. The number of hydrogen-bond donors (Lipinski definition) is 1. The lowest BCUT2D eigenvalue weighted by Gasteiger charge is -2.40. The number of rotatable bonds is 9. The van der Waals surface area contributed by atoms with Crippen LogP contribution in [0.3, 0.4) is 0 Å². The highest BCUT2D eigenvalue weighted by Gasteiger charge is 2.44. The third kappa shape index (κ3) is 5.46. The molecule has 1 aliphatic carbocycles. The van der Waals surface area contributed by atoms with E-state index in [-0.39, 0.29) is 42.3 Å². The molecule has 1 aromatic carbocycles. The summed E-state index contributed by atoms with van der Waals surface area (Å²) in [5, 5.41) is 13.4. The van der Waals surface area contributed by atoms with Crippen molar-refractivity contribution in [2.45, 2.75) is 82.0 Å². The molecule has 1 N–H and O–H groups in total. The molecule has 2 saturated heterocycles. The second kappa shape index (κ2) is 10.6. The van der Waals surface area contributed by atoms with Crippen LogP contribution in [0.2, 0.25) is 0 Å². The Labute approximate surface area is 231 Å². The molecule has 0 spiro atoms. The van der Waals surface area contributed by atoms with E-state index in [1.54, 1.807) is 18.2 Å². The summed E-state index contributed by atoms with van der Waals surface area (Å²) in [7, 11) is 0. The minimum atomic E-state index is -4.83. The van der Waals surface area contributed by atoms with Gasteiger partial charge < -0.3 is 24.0 Å². The number of hydrogen-bond acceptors (Lipinski definition) is 7. The number of anilines is 1. The third-order valence-corrected chi connectivity index (χ3v) is 7.97. The number of halogens is 5. The zero-order valence-corrected chi connectivity index (χ0v) is 21.6. The lowest BCUT2D eigenvalue weighted by atomic mass is 9.98. The van der Waals surface area contributed by atoms with E-state index >= 15 is 0 Å². The molecule has 3 aliphatic rings. The standard InChI is InChI=1S/C28H26F5N3O5/c29-27(30)40-22-4-2-1-3-18(22)24-20(25(41-35-24)14-5-6-14)13-39-17-9-15-7-8-16(10-17)36(15)23-11-21(28(31,32)33)19(12-34-23)26(37)38/h1-4,11-12,14-17,27H,5-10,13H2,(H,37,38)/t15-,16+,17-. The van der Waals surface area contributed by atoms with Crippen LogP contribution in [-0.4, -0.2) is 46.0 Å². The summed E-state index contributed by atoms with van der Waals surface area (Å²) in [6, 6.07) is 6.91. The maximum atomic E-state index is 13.6. The van der Waals surface area contributed by atoms with Crippen LogP contribution in [-0.2, 0) is 17.5 Å². The molecule has 4 heterocycles. The van der Waals surface area contributed by atoms with Gasteiger partial charge >= 0.3 is 18.8 Å². The van der Waals surface area contributed by atoms with Crippen molar-refractivity contribution in [2.75, 3.05) is 4.90 Å². The van der Waals surface area contributed by atoms with Crippen molar-refractivity contribution in [1.82, 2.24) is 10.1 Å². The maximum absolute atomic E-state index is 13.6. The van der Waals surface area contributed by atoms with Gasteiger partial charge in [0.25, 0.3) is 0 Å². The Morgan fingerprint density at radius 3 is 2.46 bits per heavy atom. The Balaban J connectivity index is 1.21. The number of benzene rings is 1. The lowest BCUT2D eigenvalue weighted by Crippen LogP contribution is -2.46. The molecule has 8 nitrogen and oxygen atoms in total. The number of para-hydroxylation sites is 1. The number of carbonyl (C=O) groups is 1. The maximum Gasteiger partial charge on any atom is 0.417 e. The number of pyridine rings is 1. The first-order valence-corrected chi connectivity index (χ1v) is 13.3. The zero-order chi connectivity index (χ0) is 28.9. The summed E-state index contributed by atoms with van der Waals surface area (Å²) < 4.78 is 83.6. The molecular formula is C28H26F5N3O5. The van der Waals surface area contributed by atoms with E-state index < -0.39 is 29.9 Å². The fourth-order valence-electron chi connectivity index (χ4n) is 6.03. The second-order valence-electron chi connectivity index (χ2n) is 10.6. The van der Waals surface area contributed by atoms with Gasteiger partial charge in [0.05, 0.1) is 23.8 Å².